The molecule has 0 saturated carbocycles. The predicted octanol–water partition coefficient (Wildman–Crippen LogP) is 4.33. The smallest absolute Gasteiger partial charge is 0.419 e. The van der Waals surface area contributed by atoms with E-state index in [1.165, 1.54) is 4.90 Å². The van der Waals surface area contributed by atoms with E-state index in [4.69, 9.17) is 9.47 Å². The summed E-state index contributed by atoms with van der Waals surface area (Å²) in [6.07, 6.45) is 0.229. The number of carbonyl (C=O) groups excluding carboxylic acids is 2. The fourth-order valence-corrected chi connectivity index (χ4v) is 3.68. The lowest BCUT2D eigenvalue weighted by atomic mass is 9.88. The van der Waals surface area contributed by atoms with Crippen LogP contribution >= 0.6 is 0 Å². The van der Waals surface area contributed by atoms with Crippen LogP contribution in [-0.2, 0) is 16.1 Å². The number of hydrogen-bond donors (Lipinski definition) is 0. The van der Waals surface area contributed by atoms with E-state index in [-0.39, 0.29) is 12.7 Å². The van der Waals surface area contributed by atoms with Gasteiger partial charge in [-0.2, -0.15) is 0 Å². The molecule has 0 N–H and O–H groups in total. The first-order valence-corrected chi connectivity index (χ1v) is 9.32. The minimum atomic E-state index is -0.761. The molecule has 0 aromatic heterocycles. The van der Waals surface area contributed by atoms with Crippen molar-refractivity contribution >= 4 is 17.9 Å². The third-order valence-electron chi connectivity index (χ3n) is 5.31. The topological polar surface area (TPSA) is 59.1 Å². The zero-order valence-electron chi connectivity index (χ0n) is 15.5. The van der Waals surface area contributed by atoms with Gasteiger partial charge in [0.05, 0.1) is 11.4 Å². The van der Waals surface area contributed by atoms with E-state index < -0.39 is 11.7 Å². The molecule has 2 aliphatic heterocycles. The molecule has 2 heterocycles. The van der Waals surface area contributed by atoms with Crippen LogP contribution in [0.25, 0.3) is 0 Å². The highest BCUT2D eigenvalue weighted by Gasteiger charge is 2.51. The highest BCUT2D eigenvalue weighted by Crippen LogP contribution is 2.42. The molecule has 0 radical (unpaired) electrons. The maximum atomic E-state index is 12.5. The van der Waals surface area contributed by atoms with Gasteiger partial charge in [-0.25, -0.2) is 14.5 Å². The van der Waals surface area contributed by atoms with E-state index in [0.717, 1.165) is 11.3 Å². The summed E-state index contributed by atoms with van der Waals surface area (Å²) in [5, 5.41) is 0. The van der Waals surface area contributed by atoms with Crippen molar-refractivity contribution in [2.24, 2.45) is 0 Å². The molecule has 2 aromatic rings. The van der Waals surface area contributed by atoms with Crippen molar-refractivity contribution in [3.05, 3.63) is 78.5 Å². The molecule has 2 aromatic carbocycles. The largest absolute Gasteiger partial charge is 0.445 e. The van der Waals surface area contributed by atoms with Gasteiger partial charge in [-0.3, -0.25) is 0 Å². The monoisotopic (exact) mass is 378 g/mol. The average Bonchev–Trinajstić information content (AvgIpc) is 2.97. The second kappa shape index (κ2) is 7.38. The number of ether oxygens (including phenoxy) is 2. The SMILES string of the molecule is C=C1N(c2ccccc2)C(=O)OC12CCN(C(=O)OCc1ccccc1)CC2. The predicted molar refractivity (Wildman–Crippen MR) is 105 cm³/mol. The molecule has 0 aliphatic carbocycles. The van der Waals surface area contributed by atoms with Gasteiger partial charge in [-0.15, -0.1) is 0 Å². The molecule has 6 nitrogen and oxygen atoms in total. The molecular formula is C22H22N2O4. The first kappa shape index (κ1) is 18.1. The van der Waals surface area contributed by atoms with E-state index in [1.54, 1.807) is 4.90 Å². The second-order valence-corrected chi connectivity index (χ2v) is 7.01. The lowest BCUT2D eigenvalue weighted by molar-refractivity contribution is 0.0111. The summed E-state index contributed by atoms with van der Waals surface area (Å²) >= 11 is 0. The molecule has 2 amide bonds. The van der Waals surface area contributed by atoms with E-state index in [9.17, 15) is 9.59 Å². The normalized spacial score (nSPS) is 18.3. The van der Waals surface area contributed by atoms with Crippen molar-refractivity contribution in [1.29, 1.82) is 0 Å². The molecule has 28 heavy (non-hydrogen) atoms. The molecule has 4 rings (SSSR count). The Bertz CT molecular complexity index is 874. The summed E-state index contributed by atoms with van der Waals surface area (Å²) in [4.78, 5) is 28.0. The molecule has 2 fully saturated rings. The summed E-state index contributed by atoms with van der Waals surface area (Å²) in [5.41, 5.74) is 1.55. The number of nitrogens with zero attached hydrogens (tertiary/aromatic N) is 2. The Morgan fingerprint density at radius 1 is 1.04 bits per heavy atom. The number of hydrogen-bond acceptors (Lipinski definition) is 4. The summed E-state index contributed by atoms with van der Waals surface area (Å²) in [7, 11) is 0. The van der Waals surface area contributed by atoms with Gasteiger partial charge in [0.25, 0.3) is 0 Å². The van der Waals surface area contributed by atoms with Crippen LogP contribution in [0.3, 0.4) is 0 Å². The fraction of sp³-hybridized carbons (Fsp3) is 0.273. The molecule has 2 saturated heterocycles. The van der Waals surface area contributed by atoms with Crippen molar-refractivity contribution in [1.82, 2.24) is 4.90 Å². The Kier molecular flexibility index (Phi) is 4.77. The average molecular weight is 378 g/mol. The Morgan fingerprint density at radius 3 is 2.29 bits per heavy atom. The maximum Gasteiger partial charge on any atom is 0.419 e. The van der Waals surface area contributed by atoms with Gasteiger partial charge in [-0.05, 0) is 17.7 Å². The van der Waals surface area contributed by atoms with Gasteiger partial charge in [0.2, 0.25) is 0 Å². The Balaban J connectivity index is 1.37. The van der Waals surface area contributed by atoms with Crippen LogP contribution in [0.4, 0.5) is 15.3 Å². The number of likely N-dealkylation sites (tertiary alicyclic amines) is 1. The number of rotatable bonds is 3. The van der Waals surface area contributed by atoms with Crippen molar-refractivity contribution in [2.45, 2.75) is 25.0 Å². The number of piperidine rings is 1. The lowest BCUT2D eigenvalue weighted by Gasteiger charge is -2.37. The van der Waals surface area contributed by atoms with Crippen LogP contribution in [-0.4, -0.2) is 35.8 Å². The highest BCUT2D eigenvalue weighted by atomic mass is 16.6. The standard InChI is InChI=1S/C22H22N2O4/c1-17-22(28-21(26)24(17)19-10-6-3-7-11-19)12-14-23(15-13-22)20(25)27-16-18-8-4-2-5-9-18/h2-11H,1,12-16H2. The van der Waals surface area contributed by atoms with Crippen LogP contribution in [0, 0.1) is 0 Å². The maximum absolute atomic E-state index is 12.5. The van der Waals surface area contributed by atoms with Crippen molar-refractivity contribution in [3.63, 3.8) is 0 Å². The van der Waals surface area contributed by atoms with Crippen molar-refractivity contribution in [3.8, 4) is 0 Å². The second-order valence-electron chi connectivity index (χ2n) is 7.01. The molecule has 144 valence electrons. The van der Waals surface area contributed by atoms with E-state index in [1.807, 2.05) is 60.7 Å². The van der Waals surface area contributed by atoms with Crippen molar-refractivity contribution < 1.29 is 19.1 Å². The van der Waals surface area contributed by atoms with Gasteiger partial charge in [-0.1, -0.05) is 55.1 Å². The fourth-order valence-electron chi connectivity index (χ4n) is 3.68. The van der Waals surface area contributed by atoms with E-state index in [0.29, 0.717) is 31.6 Å². The third-order valence-corrected chi connectivity index (χ3v) is 5.31. The number of carbonyl (C=O) groups is 2. The molecule has 2 aliphatic rings. The summed E-state index contributed by atoms with van der Waals surface area (Å²) in [5.74, 6) is 0. The van der Waals surface area contributed by atoms with Gasteiger partial charge < -0.3 is 14.4 Å². The molecule has 0 bridgehead atoms. The summed E-state index contributed by atoms with van der Waals surface area (Å²) in [6, 6.07) is 18.9. The number of amides is 2. The highest BCUT2D eigenvalue weighted by molar-refractivity contribution is 5.95. The van der Waals surface area contributed by atoms with Gasteiger partial charge >= 0.3 is 12.2 Å². The molecule has 6 heteroatoms. The van der Waals surface area contributed by atoms with Gasteiger partial charge in [0, 0.05) is 25.9 Å². The third kappa shape index (κ3) is 3.33. The lowest BCUT2D eigenvalue weighted by Crippen LogP contribution is -2.47. The molecule has 1 spiro atoms. The van der Waals surface area contributed by atoms with Crippen molar-refractivity contribution in [2.75, 3.05) is 18.0 Å². The van der Waals surface area contributed by atoms with E-state index in [2.05, 4.69) is 6.58 Å². The molecular weight excluding hydrogens is 356 g/mol. The first-order valence-electron chi connectivity index (χ1n) is 9.32. The Labute approximate surface area is 164 Å². The number of benzene rings is 2. The quantitative estimate of drug-likeness (QED) is 0.798. The van der Waals surface area contributed by atoms with E-state index >= 15 is 0 Å². The number of para-hydroxylation sites is 1. The van der Waals surface area contributed by atoms with Crippen LogP contribution in [0.15, 0.2) is 72.9 Å². The zero-order chi connectivity index (χ0) is 19.6. The Morgan fingerprint density at radius 2 is 1.64 bits per heavy atom. The van der Waals surface area contributed by atoms with Crippen LogP contribution in [0.1, 0.15) is 18.4 Å². The number of anilines is 1. The van der Waals surface area contributed by atoms with Gasteiger partial charge in [0.1, 0.15) is 6.61 Å². The Hall–Kier alpha value is -3.28. The first-order chi connectivity index (χ1) is 13.6. The minimum Gasteiger partial charge on any atom is -0.445 e. The summed E-state index contributed by atoms with van der Waals surface area (Å²) in [6.45, 7) is 5.27. The molecule has 0 unspecified atom stereocenters. The summed E-state index contributed by atoms with van der Waals surface area (Å²) < 4.78 is 11.1. The zero-order valence-corrected chi connectivity index (χ0v) is 15.5. The van der Waals surface area contributed by atoms with Gasteiger partial charge in [0.15, 0.2) is 5.60 Å². The minimum absolute atomic E-state index is 0.241. The van der Waals surface area contributed by atoms with Crippen LogP contribution in [0.5, 0.6) is 0 Å². The van der Waals surface area contributed by atoms with Crippen LogP contribution < -0.4 is 4.90 Å². The van der Waals surface area contributed by atoms with Crippen LogP contribution in [0.2, 0.25) is 0 Å². The molecule has 0 atom stereocenters.